The predicted octanol–water partition coefficient (Wildman–Crippen LogP) is 3.36. The third-order valence-electron chi connectivity index (χ3n) is 5.11. The number of benzene rings is 1. The molecule has 2 aromatic heterocycles. The van der Waals surface area contributed by atoms with Gasteiger partial charge in [0, 0.05) is 11.6 Å². The first kappa shape index (κ1) is 16.0. The number of halogens is 1. The van der Waals surface area contributed by atoms with Gasteiger partial charge in [-0.15, -0.1) is 0 Å². The lowest BCUT2D eigenvalue weighted by molar-refractivity contribution is 0.467. The van der Waals surface area contributed by atoms with E-state index in [0.29, 0.717) is 33.9 Å². The van der Waals surface area contributed by atoms with Crippen molar-refractivity contribution in [2.75, 3.05) is 0 Å². The monoisotopic (exact) mass is 338 g/mol. The number of aromatic nitrogens is 1. The summed E-state index contributed by atoms with van der Waals surface area (Å²) >= 11 is 0. The zero-order valence-electron chi connectivity index (χ0n) is 14.2. The topological polar surface area (TPSA) is 69.1 Å². The second-order valence-electron chi connectivity index (χ2n) is 6.89. The van der Waals surface area contributed by atoms with E-state index in [9.17, 15) is 9.18 Å². The molecule has 0 radical (unpaired) electrons. The highest BCUT2D eigenvalue weighted by molar-refractivity contribution is 5.82. The largest absolute Gasteiger partial charge is 0.454 e. The number of nitrogens with zero attached hydrogens (tertiary/aromatic N) is 1. The quantitative estimate of drug-likeness (QED) is 0.778. The standard InChI is InChI=1S/C20H19FN2O2/c1-10-19(24)16-7-13-5-12(11(2)22)6-14(13)8-18(16)25-20(10)17-4-3-15(21)9-23-17/h3-4,7-9,11-12H,5-6,22H2,1-2H3. The number of fused-ring (bicyclic) bond motifs is 2. The second-order valence-corrected chi connectivity index (χ2v) is 6.89. The molecule has 2 unspecified atom stereocenters. The molecule has 1 aliphatic rings. The maximum Gasteiger partial charge on any atom is 0.196 e. The van der Waals surface area contributed by atoms with Crippen molar-refractivity contribution in [3.8, 4) is 11.5 Å². The molecule has 0 fully saturated rings. The molecule has 3 aromatic rings. The summed E-state index contributed by atoms with van der Waals surface area (Å²) < 4.78 is 19.1. The molecular formula is C20H19FN2O2. The van der Waals surface area contributed by atoms with Crippen molar-refractivity contribution in [1.82, 2.24) is 4.98 Å². The van der Waals surface area contributed by atoms with E-state index >= 15 is 0 Å². The highest BCUT2D eigenvalue weighted by Crippen LogP contribution is 2.33. The molecule has 0 bridgehead atoms. The Morgan fingerprint density at radius 3 is 2.64 bits per heavy atom. The van der Waals surface area contributed by atoms with E-state index in [2.05, 4.69) is 4.98 Å². The molecule has 0 spiro atoms. The number of hydrogen-bond acceptors (Lipinski definition) is 4. The molecule has 4 rings (SSSR count). The normalized spacial score (nSPS) is 17.7. The maximum absolute atomic E-state index is 13.1. The molecule has 0 saturated heterocycles. The zero-order valence-corrected chi connectivity index (χ0v) is 14.2. The fraction of sp³-hybridized carbons (Fsp3) is 0.300. The van der Waals surface area contributed by atoms with E-state index in [-0.39, 0.29) is 11.5 Å². The first-order valence-electron chi connectivity index (χ1n) is 8.40. The molecule has 2 N–H and O–H groups in total. The van der Waals surface area contributed by atoms with Crippen LogP contribution in [0.15, 0.2) is 39.7 Å². The average molecular weight is 338 g/mol. The van der Waals surface area contributed by atoms with Gasteiger partial charge in [0.25, 0.3) is 0 Å². The third-order valence-corrected chi connectivity index (χ3v) is 5.11. The number of hydrogen-bond donors (Lipinski definition) is 1. The molecule has 2 heterocycles. The van der Waals surface area contributed by atoms with E-state index in [4.69, 9.17) is 10.2 Å². The molecule has 25 heavy (non-hydrogen) atoms. The van der Waals surface area contributed by atoms with E-state index in [1.165, 1.54) is 23.3 Å². The van der Waals surface area contributed by atoms with Crippen LogP contribution in [0.3, 0.4) is 0 Å². The Labute approximate surface area is 144 Å². The summed E-state index contributed by atoms with van der Waals surface area (Å²) in [5.74, 6) is 0.352. The molecule has 5 heteroatoms. The summed E-state index contributed by atoms with van der Waals surface area (Å²) in [5, 5.41) is 0.576. The Kier molecular flexibility index (Phi) is 3.69. The Balaban J connectivity index is 1.89. The molecule has 0 amide bonds. The van der Waals surface area contributed by atoms with E-state index in [1.54, 1.807) is 6.92 Å². The van der Waals surface area contributed by atoms with Crippen molar-refractivity contribution in [2.45, 2.75) is 32.7 Å². The highest BCUT2D eigenvalue weighted by Gasteiger charge is 2.26. The van der Waals surface area contributed by atoms with Crippen molar-refractivity contribution in [3.63, 3.8) is 0 Å². The minimum Gasteiger partial charge on any atom is -0.454 e. The first-order chi connectivity index (χ1) is 11.9. The summed E-state index contributed by atoms with van der Waals surface area (Å²) in [5.41, 5.74) is 9.80. The SMILES string of the molecule is Cc1c(-c2ccc(F)cn2)oc2cc3c(cc2c1=O)CC(C(C)N)C3. The fourth-order valence-corrected chi connectivity index (χ4v) is 3.56. The van der Waals surface area contributed by atoms with Crippen molar-refractivity contribution < 1.29 is 8.81 Å². The molecule has 2 atom stereocenters. The zero-order chi connectivity index (χ0) is 17.7. The number of rotatable bonds is 2. The van der Waals surface area contributed by atoms with Gasteiger partial charge in [0.05, 0.1) is 11.6 Å². The van der Waals surface area contributed by atoms with Gasteiger partial charge in [0.2, 0.25) is 0 Å². The Morgan fingerprint density at radius 1 is 1.28 bits per heavy atom. The van der Waals surface area contributed by atoms with E-state index in [1.807, 2.05) is 19.1 Å². The van der Waals surface area contributed by atoms with Crippen molar-refractivity contribution in [1.29, 1.82) is 0 Å². The minimum absolute atomic E-state index is 0.0746. The van der Waals surface area contributed by atoms with Gasteiger partial charge in [-0.2, -0.15) is 0 Å². The molecule has 4 nitrogen and oxygen atoms in total. The summed E-state index contributed by atoms with van der Waals surface area (Å²) in [7, 11) is 0. The molecule has 0 saturated carbocycles. The first-order valence-corrected chi connectivity index (χ1v) is 8.40. The number of nitrogens with two attached hydrogens (primary N) is 1. The fourth-order valence-electron chi connectivity index (χ4n) is 3.56. The third kappa shape index (κ3) is 2.65. The van der Waals surface area contributed by atoms with Crippen LogP contribution in [0.5, 0.6) is 0 Å². The summed E-state index contributed by atoms with van der Waals surface area (Å²) in [6.07, 6.45) is 2.91. The van der Waals surface area contributed by atoms with Crippen LogP contribution in [0.4, 0.5) is 4.39 Å². The van der Waals surface area contributed by atoms with Crippen molar-refractivity contribution in [2.24, 2.45) is 11.7 Å². The van der Waals surface area contributed by atoms with Gasteiger partial charge in [0.15, 0.2) is 11.2 Å². The van der Waals surface area contributed by atoms with Crippen LogP contribution in [0.1, 0.15) is 23.6 Å². The van der Waals surface area contributed by atoms with E-state index < -0.39 is 5.82 Å². The van der Waals surface area contributed by atoms with Crippen LogP contribution < -0.4 is 11.2 Å². The molecule has 1 aromatic carbocycles. The van der Waals surface area contributed by atoms with Gasteiger partial charge in [-0.25, -0.2) is 9.37 Å². The molecule has 1 aliphatic carbocycles. The molecular weight excluding hydrogens is 319 g/mol. The Bertz CT molecular complexity index is 1020. The van der Waals surface area contributed by atoms with Crippen LogP contribution in [0.25, 0.3) is 22.4 Å². The van der Waals surface area contributed by atoms with Crippen LogP contribution >= 0.6 is 0 Å². The van der Waals surface area contributed by atoms with E-state index in [0.717, 1.165) is 19.0 Å². The lowest BCUT2D eigenvalue weighted by Gasteiger charge is -2.12. The lowest BCUT2D eigenvalue weighted by Crippen LogP contribution is -2.26. The van der Waals surface area contributed by atoms with Crippen LogP contribution in [-0.4, -0.2) is 11.0 Å². The summed E-state index contributed by atoms with van der Waals surface area (Å²) in [6, 6.07) is 6.82. The van der Waals surface area contributed by atoms with Crippen molar-refractivity contribution >= 4 is 11.0 Å². The smallest absolute Gasteiger partial charge is 0.196 e. The van der Waals surface area contributed by atoms with Crippen LogP contribution in [0.2, 0.25) is 0 Å². The predicted molar refractivity (Wildman–Crippen MR) is 95.0 cm³/mol. The summed E-state index contributed by atoms with van der Waals surface area (Å²) in [6.45, 7) is 3.73. The average Bonchev–Trinajstić information content (AvgIpc) is 3.01. The Morgan fingerprint density at radius 2 is 2.00 bits per heavy atom. The van der Waals surface area contributed by atoms with Crippen LogP contribution in [0, 0.1) is 18.7 Å². The number of pyridine rings is 1. The van der Waals surface area contributed by atoms with Gasteiger partial charge in [0.1, 0.15) is 17.1 Å². The summed E-state index contributed by atoms with van der Waals surface area (Å²) in [4.78, 5) is 16.9. The Hall–Kier alpha value is -2.53. The second kappa shape index (κ2) is 5.77. The van der Waals surface area contributed by atoms with Crippen LogP contribution in [-0.2, 0) is 12.8 Å². The van der Waals surface area contributed by atoms with Gasteiger partial charge in [-0.1, -0.05) is 0 Å². The maximum atomic E-state index is 13.1. The van der Waals surface area contributed by atoms with Gasteiger partial charge in [-0.3, -0.25) is 4.79 Å². The van der Waals surface area contributed by atoms with Gasteiger partial charge < -0.3 is 10.2 Å². The molecule has 0 aliphatic heterocycles. The van der Waals surface area contributed by atoms with Gasteiger partial charge in [-0.05, 0) is 68.0 Å². The highest BCUT2D eigenvalue weighted by atomic mass is 19.1. The lowest BCUT2D eigenvalue weighted by atomic mass is 9.99. The van der Waals surface area contributed by atoms with Gasteiger partial charge >= 0.3 is 0 Å². The molecule has 128 valence electrons. The minimum atomic E-state index is -0.427. The van der Waals surface area contributed by atoms with Crippen molar-refractivity contribution in [3.05, 3.63) is 63.2 Å².